The minimum absolute atomic E-state index is 0.189. The molecule has 144 valence electrons. The maximum absolute atomic E-state index is 12.8. The summed E-state index contributed by atoms with van der Waals surface area (Å²) in [6.07, 6.45) is -22.3. The fourth-order valence-electron chi connectivity index (χ4n) is 2.82. The monoisotopic (exact) mass is 377 g/mol. The van der Waals surface area contributed by atoms with Crippen molar-refractivity contribution < 1.29 is 49.4 Å². The molecule has 0 radical (unpaired) electrons. The lowest BCUT2D eigenvalue weighted by atomic mass is 9.91. The fourth-order valence-corrected chi connectivity index (χ4v) is 2.82. The van der Waals surface area contributed by atoms with Gasteiger partial charge in [0.25, 0.3) is 0 Å². The molecular formula is C12H16F9NO2. The summed E-state index contributed by atoms with van der Waals surface area (Å²) >= 11 is 0. The zero-order chi connectivity index (χ0) is 19.0. The van der Waals surface area contributed by atoms with E-state index in [0.29, 0.717) is 19.9 Å². The van der Waals surface area contributed by atoms with E-state index in [2.05, 4.69) is 10.1 Å². The summed E-state index contributed by atoms with van der Waals surface area (Å²) in [5, 5.41) is 11.9. The van der Waals surface area contributed by atoms with E-state index in [0.717, 1.165) is 0 Å². The number of hydrogen-bond acceptors (Lipinski definition) is 3. The zero-order valence-electron chi connectivity index (χ0n) is 12.4. The lowest BCUT2D eigenvalue weighted by Crippen LogP contribution is -2.69. The van der Waals surface area contributed by atoms with Crippen LogP contribution < -0.4 is 5.32 Å². The Hall–Kier alpha value is -0.750. The van der Waals surface area contributed by atoms with Gasteiger partial charge in [0.1, 0.15) is 0 Å². The summed E-state index contributed by atoms with van der Waals surface area (Å²) in [7, 11) is 0. The highest BCUT2D eigenvalue weighted by Crippen LogP contribution is 2.55. The number of ether oxygens (including phenoxy) is 1. The van der Waals surface area contributed by atoms with Crippen molar-refractivity contribution in [3.63, 3.8) is 0 Å². The van der Waals surface area contributed by atoms with Gasteiger partial charge < -0.3 is 15.2 Å². The molecule has 0 aromatic rings. The molecule has 0 spiro atoms. The van der Waals surface area contributed by atoms with Crippen LogP contribution in [0.2, 0.25) is 0 Å². The first kappa shape index (κ1) is 21.3. The van der Waals surface area contributed by atoms with Crippen LogP contribution in [0.25, 0.3) is 0 Å². The van der Waals surface area contributed by atoms with Gasteiger partial charge in [-0.05, 0) is 32.7 Å². The summed E-state index contributed by atoms with van der Waals surface area (Å²) < 4.78 is 119. The van der Waals surface area contributed by atoms with Crippen molar-refractivity contribution in [2.75, 3.05) is 13.2 Å². The third-order valence-electron chi connectivity index (χ3n) is 3.89. The van der Waals surface area contributed by atoms with Gasteiger partial charge in [0.15, 0.2) is 0 Å². The van der Waals surface area contributed by atoms with Crippen LogP contribution in [-0.2, 0) is 4.74 Å². The van der Waals surface area contributed by atoms with E-state index in [9.17, 15) is 44.6 Å². The first-order valence-corrected chi connectivity index (χ1v) is 6.86. The topological polar surface area (TPSA) is 41.5 Å². The van der Waals surface area contributed by atoms with Crippen molar-refractivity contribution in [1.82, 2.24) is 5.32 Å². The van der Waals surface area contributed by atoms with Crippen molar-refractivity contribution in [1.29, 1.82) is 0 Å². The lowest BCUT2D eigenvalue weighted by molar-refractivity contribution is -0.464. The fraction of sp³-hybridized carbons (Fsp3) is 1.00. The highest BCUT2D eigenvalue weighted by Gasteiger charge is 2.85. The summed E-state index contributed by atoms with van der Waals surface area (Å²) in [4.78, 5) is 0. The Morgan fingerprint density at radius 2 is 1.46 bits per heavy atom. The van der Waals surface area contributed by atoms with Crippen molar-refractivity contribution >= 4 is 0 Å². The molecule has 0 bridgehead atoms. The molecule has 3 nitrogen and oxygen atoms in total. The predicted octanol–water partition coefficient (Wildman–Crippen LogP) is 3.32. The number of halogens is 9. The van der Waals surface area contributed by atoms with E-state index < -0.39 is 48.8 Å². The molecule has 0 aliphatic carbocycles. The van der Waals surface area contributed by atoms with E-state index in [4.69, 9.17) is 0 Å². The number of alkyl halides is 9. The quantitative estimate of drug-likeness (QED) is 0.723. The van der Waals surface area contributed by atoms with Crippen LogP contribution in [0.1, 0.15) is 26.2 Å². The Kier molecular flexibility index (Phi) is 5.79. The molecule has 1 heterocycles. The minimum Gasteiger partial charge on any atom is -0.394 e. The first-order valence-electron chi connectivity index (χ1n) is 6.86. The van der Waals surface area contributed by atoms with Crippen LogP contribution in [0.15, 0.2) is 0 Å². The molecule has 1 saturated heterocycles. The maximum Gasteiger partial charge on any atom is 0.435 e. The van der Waals surface area contributed by atoms with Gasteiger partial charge in [-0.1, -0.05) is 0 Å². The van der Waals surface area contributed by atoms with Crippen LogP contribution in [0, 0.1) is 0 Å². The SMILES string of the molecule is C[C@@H](C[C@@]1(CO)CCCN1)OC(C(F)(F)F)(C(F)(F)F)C(F)(F)F. The Balaban J connectivity index is 3.18. The number of aliphatic hydroxyl groups is 1. The highest BCUT2D eigenvalue weighted by molar-refractivity contribution is 5.04. The standard InChI is InChI=1S/C12H16F9NO2/c1-7(5-8(6-23)3-2-4-22-8)24-9(10(13,14)15,11(16,17)18)12(19,20)21/h7,22-23H,2-6H2,1H3/t7-,8+/m0/s1. The van der Waals surface area contributed by atoms with Crippen molar-refractivity contribution in [3.8, 4) is 0 Å². The Morgan fingerprint density at radius 3 is 1.75 bits per heavy atom. The van der Waals surface area contributed by atoms with E-state index in [1.807, 2.05) is 0 Å². The number of aliphatic hydroxyl groups excluding tert-OH is 1. The molecular weight excluding hydrogens is 361 g/mol. The molecule has 1 aliphatic rings. The van der Waals surface area contributed by atoms with E-state index >= 15 is 0 Å². The Bertz CT molecular complexity index is 388. The predicted molar refractivity (Wildman–Crippen MR) is 63.1 cm³/mol. The highest BCUT2D eigenvalue weighted by atomic mass is 19.4. The van der Waals surface area contributed by atoms with Crippen LogP contribution in [0.5, 0.6) is 0 Å². The second-order valence-corrected chi connectivity index (χ2v) is 5.78. The summed E-state index contributed by atoms with van der Waals surface area (Å²) in [5.41, 5.74) is -7.56. The molecule has 12 heteroatoms. The van der Waals surface area contributed by atoms with Gasteiger partial charge in [-0.15, -0.1) is 0 Å². The number of hydrogen-bond donors (Lipinski definition) is 2. The smallest absolute Gasteiger partial charge is 0.394 e. The molecule has 0 aromatic heterocycles. The summed E-state index contributed by atoms with van der Waals surface area (Å²) in [6, 6.07) is 0. The second-order valence-electron chi connectivity index (χ2n) is 5.78. The third kappa shape index (κ3) is 3.74. The molecule has 1 fully saturated rings. The van der Waals surface area contributed by atoms with Crippen LogP contribution >= 0.6 is 0 Å². The molecule has 1 aliphatic heterocycles. The van der Waals surface area contributed by atoms with Crippen LogP contribution in [0.4, 0.5) is 39.5 Å². The first-order chi connectivity index (χ1) is 10.6. The van der Waals surface area contributed by atoms with Gasteiger partial charge >= 0.3 is 24.1 Å². The second kappa shape index (κ2) is 6.52. The normalized spacial score (nSPS) is 25.1. The summed E-state index contributed by atoms with van der Waals surface area (Å²) in [6.45, 7) is 0.351. The van der Waals surface area contributed by atoms with E-state index in [-0.39, 0.29) is 6.42 Å². The maximum atomic E-state index is 12.8. The molecule has 0 amide bonds. The molecule has 24 heavy (non-hydrogen) atoms. The van der Waals surface area contributed by atoms with Gasteiger partial charge in [-0.25, -0.2) is 0 Å². The van der Waals surface area contributed by atoms with Gasteiger partial charge in [-0.2, -0.15) is 39.5 Å². The molecule has 0 saturated carbocycles. The average molecular weight is 377 g/mol. The molecule has 0 unspecified atom stereocenters. The summed E-state index contributed by atoms with van der Waals surface area (Å²) in [5.74, 6) is 0. The minimum atomic E-state index is -6.76. The number of rotatable bonds is 5. The van der Waals surface area contributed by atoms with E-state index in [1.165, 1.54) is 0 Å². The average Bonchev–Trinajstić information content (AvgIpc) is 2.80. The number of nitrogens with one attached hydrogen (secondary N) is 1. The van der Waals surface area contributed by atoms with Crippen LogP contribution in [0.3, 0.4) is 0 Å². The largest absolute Gasteiger partial charge is 0.435 e. The molecule has 2 atom stereocenters. The van der Waals surface area contributed by atoms with E-state index in [1.54, 1.807) is 0 Å². The van der Waals surface area contributed by atoms with Crippen molar-refractivity contribution in [2.24, 2.45) is 0 Å². The van der Waals surface area contributed by atoms with Crippen molar-refractivity contribution in [2.45, 2.75) is 62.0 Å². The molecule has 1 rings (SSSR count). The van der Waals surface area contributed by atoms with Crippen molar-refractivity contribution in [3.05, 3.63) is 0 Å². The molecule has 2 N–H and O–H groups in total. The van der Waals surface area contributed by atoms with Gasteiger partial charge in [0.2, 0.25) is 0 Å². The van der Waals surface area contributed by atoms with Gasteiger partial charge in [0, 0.05) is 5.54 Å². The van der Waals surface area contributed by atoms with Gasteiger partial charge in [-0.3, -0.25) is 0 Å². The molecule has 0 aromatic carbocycles. The van der Waals surface area contributed by atoms with Gasteiger partial charge in [0.05, 0.1) is 12.7 Å². The lowest BCUT2D eigenvalue weighted by Gasteiger charge is -2.41. The third-order valence-corrected chi connectivity index (χ3v) is 3.89. The van der Waals surface area contributed by atoms with Crippen LogP contribution in [-0.4, -0.2) is 54.0 Å². The Morgan fingerprint density at radius 1 is 1.00 bits per heavy atom. The zero-order valence-corrected chi connectivity index (χ0v) is 12.4. The Labute approximate surface area is 131 Å².